The third-order valence-electron chi connectivity index (χ3n) is 1.44. The maximum Gasteiger partial charge on any atom is 0.471 e. The van der Waals surface area contributed by atoms with Crippen LogP contribution in [0.2, 0.25) is 0 Å². The van der Waals surface area contributed by atoms with Crippen molar-refractivity contribution in [2.24, 2.45) is 0 Å². The quantitative estimate of drug-likeness (QED) is 0.704. The molecule has 76 valence electrons. The number of para-hydroxylation sites is 1. The second kappa shape index (κ2) is 4.39. The van der Waals surface area contributed by atoms with Crippen molar-refractivity contribution in [2.75, 3.05) is 0 Å². The van der Waals surface area contributed by atoms with Crippen LogP contribution in [0.3, 0.4) is 0 Å². The van der Waals surface area contributed by atoms with Crippen molar-refractivity contribution in [2.45, 2.75) is 6.11 Å². The summed E-state index contributed by atoms with van der Waals surface area (Å²) in [5.74, 6) is 0.600. The first-order valence-electron chi connectivity index (χ1n) is 3.78. The monoisotopic (exact) mass is 211 g/mol. The van der Waals surface area contributed by atoms with Gasteiger partial charge in [-0.05, 0) is 12.1 Å². The molecule has 1 aromatic rings. The molecule has 0 heterocycles. The van der Waals surface area contributed by atoms with Crippen molar-refractivity contribution < 1.29 is 17.9 Å². The zero-order valence-electron chi connectivity index (χ0n) is 7.30. The van der Waals surface area contributed by atoms with Crippen molar-refractivity contribution in [1.29, 1.82) is 5.26 Å². The lowest BCUT2D eigenvalue weighted by atomic mass is 10.2. The van der Waals surface area contributed by atoms with Crippen LogP contribution in [-0.2, 0) is 0 Å². The number of ether oxygens (including phenoxy) is 1. The summed E-state index contributed by atoms with van der Waals surface area (Å²) in [6, 6.07) is 7.04. The molecular formula is C10H4F3NO. The van der Waals surface area contributed by atoms with Crippen LogP contribution in [0.4, 0.5) is 13.2 Å². The van der Waals surface area contributed by atoms with E-state index in [1.807, 2.05) is 0 Å². The Balaban J connectivity index is 2.98. The Kier molecular flexibility index (Phi) is 3.20. The predicted octanol–water partition coefficient (Wildman–Crippen LogP) is 2.46. The second-order valence-electron chi connectivity index (χ2n) is 2.45. The smallest absolute Gasteiger partial charge is 0.421 e. The molecule has 0 aromatic heterocycles. The van der Waals surface area contributed by atoms with Gasteiger partial charge in [0.25, 0.3) is 0 Å². The summed E-state index contributed by atoms with van der Waals surface area (Å²) in [7, 11) is 0. The molecule has 5 heteroatoms. The van der Waals surface area contributed by atoms with Crippen LogP contribution in [0.1, 0.15) is 5.56 Å². The molecule has 0 aliphatic carbocycles. The van der Waals surface area contributed by atoms with Gasteiger partial charge >= 0.3 is 6.11 Å². The minimum absolute atomic E-state index is 0.0715. The highest BCUT2D eigenvalue weighted by atomic mass is 19.3. The molecule has 0 amide bonds. The summed E-state index contributed by atoms with van der Waals surface area (Å²) < 4.78 is 40.8. The molecule has 0 fully saturated rings. The van der Waals surface area contributed by atoms with Crippen LogP contribution in [-0.4, -0.2) is 6.11 Å². The zero-order valence-corrected chi connectivity index (χ0v) is 7.30. The minimum atomic E-state index is -3.94. The van der Waals surface area contributed by atoms with E-state index < -0.39 is 6.11 Å². The van der Waals surface area contributed by atoms with E-state index in [9.17, 15) is 13.2 Å². The van der Waals surface area contributed by atoms with Gasteiger partial charge in [0.05, 0.1) is 11.5 Å². The summed E-state index contributed by atoms with van der Waals surface area (Å²) in [5, 5.41) is 8.56. The van der Waals surface area contributed by atoms with Crippen LogP contribution in [0, 0.1) is 23.4 Å². The first-order valence-corrected chi connectivity index (χ1v) is 3.78. The van der Waals surface area contributed by atoms with Crippen molar-refractivity contribution in [3.05, 3.63) is 29.8 Å². The second-order valence-corrected chi connectivity index (χ2v) is 2.45. The van der Waals surface area contributed by atoms with E-state index in [2.05, 4.69) is 4.74 Å². The molecule has 0 radical (unpaired) electrons. The minimum Gasteiger partial charge on any atom is -0.421 e. The molecule has 0 spiro atoms. The fourth-order valence-corrected chi connectivity index (χ4v) is 0.867. The van der Waals surface area contributed by atoms with Crippen molar-refractivity contribution >= 4 is 0 Å². The van der Waals surface area contributed by atoms with E-state index >= 15 is 0 Å². The lowest BCUT2D eigenvalue weighted by Gasteiger charge is -2.12. The van der Waals surface area contributed by atoms with E-state index in [4.69, 9.17) is 5.26 Å². The Bertz CT molecular complexity index is 454. The molecular weight excluding hydrogens is 207 g/mol. The molecule has 2 nitrogen and oxygen atoms in total. The maximum atomic E-state index is 12.7. The van der Waals surface area contributed by atoms with Crippen LogP contribution in [0.15, 0.2) is 24.3 Å². The predicted molar refractivity (Wildman–Crippen MR) is 45.6 cm³/mol. The largest absolute Gasteiger partial charge is 0.471 e. The van der Waals surface area contributed by atoms with Gasteiger partial charge in [-0.1, -0.05) is 12.1 Å². The molecule has 0 saturated heterocycles. The summed E-state index contributed by atoms with van der Waals surface area (Å²) >= 11 is 0. The first-order chi connectivity index (χ1) is 7.09. The normalized spacial score (nSPS) is 9.73. The van der Waals surface area contributed by atoms with Gasteiger partial charge in [-0.3, -0.25) is 0 Å². The molecule has 0 saturated carbocycles. The van der Waals surface area contributed by atoms with Crippen LogP contribution >= 0.6 is 0 Å². The molecule has 1 aromatic carbocycles. The zero-order chi connectivity index (χ0) is 11.3. The molecule has 0 unspecified atom stereocenters. The molecule has 0 bridgehead atoms. The Morgan fingerprint density at radius 1 is 1.27 bits per heavy atom. The van der Waals surface area contributed by atoms with Gasteiger partial charge in [0.15, 0.2) is 0 Å². The molecule has 0 atom stereocenters. The Hall–Kier alpha value is -2.14. The number of alkyl halides is 2. The summed E-state index contributed by atoms with van der Waals surface area (Å²) in [4.78, 5) is 0. The van der Waals surface area contributed by atoms with Crippen molar-refractivity contribution in [3.63, 3.8) is 0 Å². The fourth-order valence-electron chi connectivity index (χ4n) is 0.867. The summed E-state index contributed by atoms with van der Waals surface area (Å²) in [6.45, 7) is 0. The van der Waals surface area contributed by atoms with Gasteiger partial charge < -0.3 is 4.74 Å². The highest BCUT2D eigenvalue weighted by molar-refractivity contribution is 5.42. The van der Waals surface area contributed by atoms with Gasteiger partial charge in [0.1, 0.15) is 18.0 Å². The number of rotatable bonds is 2. The van der Waals surface area contributed by atoms with E-state index in [0.717, 1.165) is 5.92 Å². The molecule has 0 N–H and O–H groups in total. The lowest BCUT2D eigenvalue weighted by Crippen LogP contribution is -2.22. The molecule has 15 heavy (non-hydrogen) atoms. The van der Waals surface area contributed by atoms with E-state index in [1.165, 1.54) is 24.3 Å². The van der Waals surface area contributed by atoms with Gasteiger partial charge in [0, 0.05) is 0 Å². The molecule has 0 aliphatic rings. The summed E-state index contributed by atoms with van der Waals surface area (Å²) in [6.07, 6.45) is -3.38. The number of halogens is 3. The highest BCUT2D eigenvalue weighted by Crippen LogP contribution is 2.24. The molecule has 1 rings (SSSR count). The van der Waals surface area contributed by atoms with E-state index in [-0.39, 0.29) is 11.3 Å². The van der Waals surface area contributed by atoms with E-state index in [1.54, 1.807) is 6.07 Å². The average molecular weight is 211 g/mol. The average Bonchev–Trinajstić information content (AvgIpc) is 2.17. The number of nitriles is 1. The standard InChI is InChI=1S/C10H4F3NO/c11-6-5-10(12,13)15-9-4-2-1-3-8(9)7-14/h1-4H. The number of nitrogens with zero attached hydrogens (tertiary/aromatic N) is 1. The summed E-state index contributed by atoms with van der Waals surface area (Å²) in [5.41, 5.74) is -0.0715. The molecule has 0 aliphatic heterocycles. The van der Waals surface area contributed by atoms with Crippen LogP contribution in [0.5, 0.6) is 5.75 Å². The number of benzene rings is 1. The Morgan fingerprint density at radius 3 is 2.53 bits per heavy atom. The SMILES string of the molecule is N#Cc1ccccc1OC(F)(F)C#CF. The van der Waals surface area contributed by atoms with Gasteiger partial charge in [-0.25, -0.2) is 0 Å². The Morgan fingerprint density at radius 2 is 1.93 bits per heavy atom. The maximum absolute atomic E-state index is 12.7. The number of hydrogen-bond donors (Lipinski definition) is 0. The van der Waals surface area contributed by atoms with Crippen LogP contribution < -0.4 is 4.74 Å². The Labute approximate surface area is 83.9 Å². The van der Waals surface area contributed by atoms with Crippen LogP contribution in [0.25, 0.3) is 0 Å². The van der Waals surface area contributed by atoms with Gasteiger partial charge in [0.2, 0.25) is 0 Å². The van der Waals surface area contributed by atoms with Crippen molar-refractivity contribution in [3.8, 4) is 23.9 Å². The van der Waals surface area contributed by atoms with Gasteiger partial charge in [-0.2, -0.15) is 14.0 Å². The topological polar surface area (TPSA) is 33.0 Å². The number of hydrogen-bond acceptors (Lipinski definition) is 2. The van der Waals surface area contributed by atoms with Crippen molar-refractivity contribution in [1.82, 2.24) is 0 Å². The fraction of sp³-hybridized carbons (Fsp3) is 0.100. The first kappa shape index (κ1) is 10.9. The lowest BCUT2D eigenvalue weighted by molar-refractivity contribution is -0.122. The third kappa shape index (κ3) is 2.92. The highest BCUT2D eigenvalue weighted by Gasteiger charge is 2.30. The van der Waals surface area contributed by atoms with E-state index in [0.29, 0.717) is 6.17 Å². The third-order valence-corrected chi connectivity index (χ3v) is 1.44. The van der Waals surface area contributed by atoms with Gasteiger partial charge in [-0.15, -0.1) is 4.39 Å².